The van der Waals surface area contributed by atoms with Crippen molar-refractivity contribution >= 4 is 23.4 Å². The summed E-state index contributed by atoms with van der Waals surface area (Å²) in [6, 6.07) is 12.9. The molecule has 0 saturated heterocycles. The molecule has 5 nitrogen and oxygen atoms in total. The average molecular weight is 303 g/mol. The van der Waals surface area contributed by atoms with Crippen LogP contribution in [0.25, 0.3) is 0 Å². The highest BCUT2D eigenvalue weighted by Crippen LogP contribution is 2.31. The van der Waals surface area contributed by atoms with Crippen LogP contribution in [0, 0.1) is 0 Å². The maximum atomic E-state index is 11.5. The van der Waals surface area contributed by atoms with Gasteiger partial charge in [-0.3, -0.25) is 10.2 Å². The Kier molecular flexibility index (Phi) is 5.08. The number of thioether (sulfide) groups is 1. The number of carbonyl (C=O) groups excluding carboxylic acids is 1. The molecule has 1 amide bonds. The lowest BCUT2D eigenvalue weighted by Crippen LogP contribution is -2.29. The third-order valence-electron chi connectivity index (χ3n) is 2.94. The fourth-order valence-corrected chi connectivity index (χ4v) is 2.75. The molecule has 2 rings (SSSR count). The first kappa shape index (κ1) is 15.2. The van der Waals surface area contributed by atoms with Crippen LogP contribution in [0.15, 0.2) is 47.4 Å². The number of nitrogens with one attached hydrogen (secondary N) is 1. The monoisotopic (exact) mass is 303 g/mol. The van der Waals surface area contributed by atoms with E-state index in [0.29, 0.717) is 17.0 Å². The van der Waals surface area contributed by atoms with Gasteiger partial charge in [0.2, 0.25) is 0 Å². The van der Waals surface area contributed by atoms with E-state index >= 15 is 0 Å². The Labute approximate surface area is 127 Å². The van der Waals surface area contributed by atoms with E-state index in [-0.39, 0.29) is 5.91 Å². The molecule has 0 aliphatic rings. The standard InChI is InChI=1S/C15H17N3O2S/c1-20-12-5-6-13(16)14(8-12)21-9-10-3-2-4-11(7-10)15(19)18-17/h2-8H,9,16-17H2,1H3,(H,18,19). The quantitative estimate of drug-likeness (QED) is 0.259. The van der Waals surface area contributed by atoms with E-state index in [1.807, 2.05) is 36.4 Å². The van der Waals surface area contributed by atoms with Crippen molar-refractivity contribution in [3.63, 3.8) is 0 Å². The van der Waals surface area contributed by atoms with Gasteiger partial charge in [-0.2, -0.15) is 0 Å². The van der Waals surface area contributed by atoms with E-state index in [0.717, 1.165) is 16.2 Å². The summed E-state index contributed by atoms with van der Waals surface area (Å²) < 4.78 is 5.19. The lowest BCUT2D eigenvalue weighted by atomic mass is 10.1. The van der Waals surface area contributed by atoms with Crippen LogP contribution in [0.4, 0.5) is 5.69 Å². The van der Waals surface area contributed by atoms with Gasteiger partial charge in [-0.15, -0.1) is 11.8 Å². The van der Waals surface area contributed by atoms with Gasteiger partial charge in [0.25, 0.3) is 5.91 Å². The molecule has 0 fully saturated rings. The Bertz CT molecular complexity index is 647. The summed E-state index contributed by atoms with van der Waals surface area (Å²) in [4.78, 5) is 12.4. The van der Waals surface area contributed by atoms with Crippen LogP contribution in [0.1, 0.15) is 15.9 Å². The number of hydrogen-bond donors (Lipinski definition) is 3. The predicted molar refractivity (Wildman–Crippen MR) is 85.1 cm³/mol. The lowest BCUT2D eigenvalue weighted by Gasteiger charge is -2.08. The minimum Gasteiger partial charge on any atom is -0.497 e. The van der Waals surface area contributed by atoms with Gasteiger partial charge in [-0.05, 0) is 35.9 Å². The molecule has 0 aliphatic carbocycles. The second-order valence-corrected chi connectivity index (χ2v) is 5.38. The number of rotatable bonds is 5. The number of methoxy groups -OCH3 is 1. The summed E-state index contributed by atoms with van der Waals surface area (Å²) >= 11 is 1.59. The van der Waals surface area contributed by atoms with Crippen molar-refractivity contribution in [3.05, 3.63) is 53.6 Å². The van der Waals surface area contributed by atoms with Gasteiger partial charge < -0.3 is 10.5 Å². The highest BCUT2D eigenvalue weighted by atomic mass is 32.2. The molecule has 0 radical (unpaired) electrons. The number of anilines is 1. The highest BCUT2D eigenvalue weighted by Gasteiger charge is 2.06. The number of benzene rings is 2. The first-order chi connectivity index (χ1) is 10.1. The van der Waals surface area contributed by atoms with E-state index in [9.17, 15) is 4.79 Å². The number of hydrogen-bond acceptors (Lipinski definition) is 5. The molecule has 0 spiro atoms. The summed E-state index contributed by atoms with van der Waals surface area (Å²) in [6.07, 6.45) is 0. The Hall–Kier alpha value is -2.18. The maximum absolute atomic E-state index is 11.5. The Balaban J connectivity index is 2.11. The van der Waals surface area contributed by atoms with Gasteiger partial charge in [0.1, 0.15) is 5.75 Å². The maximum Gasteiger partial charge on any atom is 0.265 e. The van der Waals surface area contributed by atoms with Crippen molar-refractivity contribution in [2.24, 2.45) is 5.84 Å². The summed E-state index contributed by atoms with van der Waals surface area (Å²) in [5, 5.41) is 0. The summed E-state index contributed by atoms with van der Waals surface area (Å²) in [5.41, 5.74) is 10.3. The van der Waals surface area contributed by atoms with Gasteiger partial charge in [-0.1, -0.05) is 12.1 Å². The summed E-state index contributed by atoms with van der Waals surface area (Å²) in [5.74, 6) is 6.30. The molecule has 2 aromatic rings. The van der Waals surface area contributed by atoms with E-state index in [2.05, 4.69) is 5.43 Å². The topological polar surface area (TPSA) is 90.4 Å². The zero-order valence-corrected chi connectivity index (χ0v) is 12.4. The van der Waals surface area contributed by atoms with Crippen molar-refractivity contribution in [2.45, 2.75) is 10.6 Å². The van der Waals surface area contributed by atoms with Crippen molar-refractivity contribution in [2.75, 3.05) is 12.8 Å². The average Bonchev–Trinajstić information content (AvgIpc) is 2.53. The normalized spacial score (nSPS) is 10.2. The van der Waals surface area contributed by atoms with Crippen molar-refractivity contribution < 1.29 is 9.53 Å². The Morgan fingerprint density at radius 1 is 1.29 bits per heavy atom. The van der Waals surface area contributed by atoms with Gasteiger partial charge in [-0.25, -0.2) is 5.84 Å². The van der Waals surface area contributed by atoms with Crippen LogP contribution >= 0.6 is 11.8 Å². The molecule has 110 valence electrons. The van der Waals surface area contributed by atoms with Crippen molar-refractivity contribution in [3.8, 4) is 5.75 Å². The summed E-state index contributed by atoms with van der Waals surface area (Å²) in [6.45, 7) is 0. The molecule has 0 heterocycles. The number of hydrazine groups is 1. The minimum atomic E-state index is -0.303. The van der Waals surface area contributed by atoms with Crippen LogP contribution in [0.3, 0.4) is 0 Å². The molecule has 2 aromatic carbocycles. The van der Waals surface area contributed by atoms with E-state index in [4.69, 9.17) is 16.3 Å². The third kappa shape index (κ3) is 3.90. The second kappa shape index (κ2) is 7.01. The number of nitrogens with two attached hydrogens (primary N) is 2. The molecular formula is C15H17N3O2S. The van der Waals surface area contributed by atoms with Crippen LogP contribution in [-0.2, 0) is 5.75 Å². The Morgan fingerprint density at radius 3 is 2.81 bits per heavy atom. The smallest absolute Gasteiger partial charge is 0.265 e. The minimum absolute atomic E-state index is 0.303. The van der Waals surface area contributed by atoms with Gasteiger partial charge in [0.05, 0.1) is 7.11 Å². The first-order valence-corrected chi connectivity index (χ1v) is 7.29. The van der Waals surface area contributed by atoms with Crippen molar-refractivity contribution in [1.82, 2.24) is 5.43 Å². The van der Waals surface area contributed by atoms with Gasteiger partial charge in [0, 0.05) is 21.9 Å². The van der Waals surface area contributed by atoms with E-state index in [1.54, 1.807) is 24.9 Å². The third-order valence-corrected chi connectivity index (χ3v) is 4.08. The zero-order chi connectivity index (χ0) is 15.2. The molecule has 0 aromatic heterocycles. The van der Waals surface area contributed by atoms with Crippen LogP contribution in [0.5, 0.6) is 5.75 Å². The first-order valence-electron chi connectivity index (χ1n) is 6.30. The molecule has 21 heavy (non-hydrogen) atoms. The molecule has 6 heteroatoms. The lowest BCUT2D eigenvalue weighted by molar-refractivity contribution is 0.0953. The second-order valence-electron chi connectivity index (χ2n) is 4.37. The van der Waals surface area contributed by atoms with Crippen molar-refractivity contribution in [1.29, 1.82) is 0 Å². The Morgan fingerprint density at radius 2 is 2.10 bits per heavy atom. The highest BCUT2D eigenvalue weighted by molar-refractivity contribution is 7.98. The van der Waals surface area contributed by atoms with E-state index in [1.165, 1.54) is 0 Å². The largest absolute Gasteiger partial charge is 0.497 e. The molecular weight excluding hydrogens is 286 g/mol. The fraction of sp³-hybridized carbons (Fsp3) is 0.133. The van der Waals surface area contributed by atoms with E-state index < -0.39 is 0 Å². The number of carbonyl (C=O) groups is 1. The number of nitrogen functional groups attached to an aromatic ring is 2. The molecule has 0 unspecified atom stereocenters. The van der Waals surface area contributed by atoms with Crippen LogP contribution in [0.2, 0.25) is 0 Å². The van der Waals surface area contributed by atoms with Crippen LogP contribution < -0.4 is 21.7 Å². The predicted octanol–water partition coefficient (Wildman–Crippen LogP) is 2.17. The SMILES string of the molecule is COc1ccc(N)c(SCc2cccc(C(=O)NN)c2)c1. The summed E-state index contributed by atoms with van der Waals surface area (Å²) in [7, 11) is 1.62. The van der Waals surface area contributed by atoms with Gasteiger partial charge in [0.15, 0.2) is 0 Å². The molecule has 0 aliphatic heterocycles. The zero-order valence-electron chi connectivity index (χ0n) is 11.6. The van der Waals surface area contributed by atoms with Gasteiger partial charge >= 0.3 is 0 Å². The van der Waals surface area contributed by atoms with Crippen LogP contribution in [-0.4, -0.2) is 13.0 Å². The molecule has 0 atom stereocenters. The number of ether oxygens (including phenoxy) is 1. The molecule has 0 bridgehead atoms. The fourth-order valence-electron chi connectivity index (χ4n) is 1.81. The molecule has 5 N–H and O–H groups in total. The number of amides is 1. The molecule has 0 saturated carbocycles.